The lowest BCUT2D eigenvalue weighted by molar-refractivity contribution is -0.118. The molecular formula is C11H14BrNO. The van der Waals surface area contributed by atoms with Crippen molar-refractivity contribution in [3.63, 3.8) is 0 Å². The summed E-state index contributed by atoms with van der Waals surface area (Å²) in [6.07, 6.45) is 0.525. The summed E-state index contributed by atoms with van der Waals surface area (Å²) in [7, 11) is 1.79. The maximum Gasteiger partial charge on any atom is 0.226 e. The Kier molecular flexibility index (Phi) is 3.69. The van der Waals surface area contributed by atoms with E-state index in [1.54, 1.807) is 11.9 Å². The van der Waals surface area contributed by atoms with Crippen molar-refractivity contribution in [3.05, 3.63) is 28.2 Å². The number of carbonyl (C=O) groups excluding carboxylic acids is 1. The van der Waals surface area contributed by atoms with Gasteiger partial charge in [0.1, 0.15) is 0 Å². The van der Waals surface area contributed by atoms with Crippen molar-refractivity contribution >= 4 is 27.5 Å². The zero-order valence-electron chi connectivity index (χ0n) is 8.67. The van der Waals surface area contributed by atoms with E-state index >= 15 is 0 Å². The summed E-state index contributed by atoms with van der Waals surface area (Å²) < 4.78 is 0.960. The van der Waals surface area contributed by atoms with Gasteiger partial charge >= 0.3 is 0 Å². The highest BCUT2D eigenvalue weighted by molar-refractivity contribution is 9.10. The van der Waals surface area contributed by atoms with Crippen LogP contribution >= 0.6 is 15.9 Å². The highest BCUT2D eigenvalue weighted by Gasteiger charge is 2.11. The number of hydrogen-bond donors (Lipinski definition) is 0. The van der Waals surface area contributed by atoms with Crippen LogP contribution in [0.1, 0.15) is 18.9 Å². The number of amides is 1. The summed E-state index contributed by atoms with van der Waals surface area (Å²) in [4.78, 5) is 13.1. The first-order valence-electron chi connectivity index (χ1n) is 4.59. The van der Waals surface area contributed by atoms with Crippen LogP contribution in [0, 0.1) is 6.92 Å². The Labute approximate surface area is 93.0 Å². The Morgan fingerprint density at radius 2 is 2.14 bits per heavy atom. The summed E-state index contributed by atoms with van der Waals surface area (Å²) >= 11 is 3.45. The third-order valence-corrected chi connectivity index (χ3v) is 2.78. The summed E-state index contributed by atoms with van der Waals surface area (Å²) in [6.45, 7) is 3.89. The molecule has 0 atom stereocenters. The molecule has 0 aliphatic heterocycles. The molecule has 0 saturated heterocycles. The van der Waals surface area contributed by atoms with E-state index in [0.717, 1.165) is 10.2 Å². The van der Waals surface area contributed by atoms with E-state index in [2.05, 4.69) is 15.9 Å². The number of anilines is 1. The van der Waals surface area contributed by atoms with Crippen LogP contribution in [0.2, 0.25) is 0 Å². The van der Waals surface area contributed by atoms with Gasteiger partial charge in [-0.15, -0.1) is 0 Å². The van der Waals surface area contributed by atoms with E-state index in [4.69, 9.17) is 0 Å². The van der Waals surface area contributed by atoms with Crippen LogP contribution in [-0.2, 0) is 4.79 Å². The topological polar surface area (TPSA) is 20.3 Å². The zero-order chi connectivity index (χ0) is 10.7. The van der Waals surface area contributed by atoms with Crippen molar-refractivity contribution in [1.82, 2.24) is 0 Å². The van der Waals surface area contributed by atoms with E-state index < -0.39 is 0 Å². The molecule has 1 amide bonds. The minimum atomic E-state index is 0.120. The van der Waals surface area contributed by atoms with Gasteiger partial charge in [-0.25, -0.2) is 0 Å². The smallest absolute Gasteiger partial charge is 0.226 e. The van der Waals surface area contributed by atoms with Crippen LogP contribution < -0.4 is 4.90 Å². The average Bonchev–Trinajstić information content (AvgIpc) is 2.15. The predicted octanol–water partition coefficient (Wildman–Crippen LogP) is 3.13. The molecule has 0 heterocycles. The lowest BCUT2D eigenvalue weighted by Gasteiger charge is -2.18. The van der Waals surface area contributed by atoms with Crippen molar-refractivity contribution in [2.24, 2.45) is 0 Å². The first-order valence-corrected chi connectivity index (χ1v) is 5.38. The van der Waals surface area contributed by atoms with Crippen molar-refractivity contribution in [2.75, 3.05) is 11.9 Å². The SMILES string of the molecule is CCC(=O)N(C)c1ccc(C)cc1Br. The second-order valence-corrected chi connectivity index (χ2v) is 4.12. The van der Waals surface area contributed by atoms with Gasteiger partial charge in [0.05, 0.1) is 5.69 Å². The molecule has 0 fully saturated rings. The molecule has 1 aromatic rings. The summed E-state index contributed by atoms with van der Waals surface area (Å²) in [5.74, 6) is 0.120. The second-order valence-electron chi connectivity index (χ2n) is 3.26. The van der Waals surface area contributed by atoms with Crippen LogP contribution in [0.3, 0.4) is 0 Å². The molecule has 14 heavy (non-hydrogen) atoms. The first-order chi connectivity index (χ1) is 6.56. The third-order valence-electron chi connectivity index (χ3n) is 2.14. The van der Waals surface area contributed by atoms with Gasteiger partial charge in [-0.3, -0.25) is 4.79 Å². The van der Waals surface area contributed by atoms with Crippen LogP contribution in [0.4, 0.5) is 5.69 Å². The quantitative estimate of drug-likeness (QED) is 0.796. The van der Waals surface area contributed by atoms with Crippen molar-refractivity contribution in [3.8, 4) is 0 Å². The summed E-state index contributed by atoms with van der Waals surface area (Å²) in [6, 6.07) is 5.96. The van der Waals surface area contributed by atoms with E-state index in [1.807, 2.05) is 32.0 Å². The van der Waals surface area contributed by atoms with E-state index in [1.165, 1.54) is 5.56 Å². The highest BCUT2D eigenvalue weighted by atomic mass is 79.9. The van der Waals surface area contributed by atoms with E-state index in [0.29, 0.717) is 6.42 Å². The molecule has 0 saturated carbocycles. The summed E-state index contributed by atoms with van der Waals surface area (Å²) in [5.41, 5.74) is 2.10. The third kappa shape index (κ3) is 2.35. The highest BCUT2D eigenvalue weighted by Crippen LogP contribution is 2.26. The number of benzene rings is 1. The van der Waals surface area contributed by atoms with Gasteiger partial charge in [0, 0.05) is 17.9 Å². The van der Waals surface area contributed by atoms with Crippen LogP contribution in [0.25, 0.3) is 0 Å². The minimum Gasteiger partial charge on any atom is -0.314 e. The molecule has 1 aromatic carbocycles. The van der Waals surface area contributed by atoms with Crippen molar-refractivity contribution in [2.45, 2.75) is 20.3 Å². The van der Waals surface area contributed by atoms with Crippen LogP contribution in [0.5, 0.6) is 0 Å². The molecule has 0 N–H and O–H groups in total. The zero-order valence-corrected chi connectivity index (χ0v) is 10.3. The fourth-order valence-electron chi connectivity index (χ4n) is 1.26. The molecule has 0 bridgehead atoms. The Balaban J connectivity index is 3.01. The first kappa shape index (κ1) is 11.2. The van der Waals surface area contributed by atoms with Gasteiger partial charge < -0.3 is 4.90 Å². The van der Waals surface area contributed by atoms with Crippen molar-refractivity contribution in [1.29, 1.82) is 0 Å². The largest absolute Gasteiger partial charge is 0.314 e. The molecular weight excluding hydrogens is 242 g/mol. The number of carbonyl (C=O) groups is 1. The fraction of sp³-hybridized carbons (Fsp3) is 0.364. The molecule has 0 aromatic heterocycles. The molecule has 0 aliphatic rings. The normalized spacial score (nSPS) is 10.0. The Bertz CT molecular complexity index is 349. The van der Waals surface area contributed by atoms with Gasteiger partial charge in [0.15, 0.2) is 0 Å². The standard InChI is InChI=1S/C11H14BrNO/c1-4-11(14)13(3)10-6-5-8(2)7-9(10)12/h5-7H,4H2,1-3H3. The number of halogens is 1. The minimum absolute atomic E-state index is 0.120. The van der Waals surface area contributed by atoms with Gasteiger partial charge in [-0.2, -0.15) is 0 Å². The molecule has 0 unspecified atom stereocenters. The second kappa shape index (κ2) is 4.60. The number of nitrogens with zero attached hydrogens (tertiary/aromatic N) is 1. The number of hydrogen-bond acceptors (Lipinski definition) is 1. The Morgan fingerprint density at radius 3 is 2.64 bits per heavy atom. The predicted molar refractivity (Wildman–Crippen MR) is 62.6 cm³/mol. The summed E-state index contributed by atoms with van der Waals surface area (Å²) in [5, 5.41) is 0. The maximum atomic E-state index is 11.5. The lowest BCUT2D eigenvalue weighted by Crippen LogP contribution is -2.25. The van der Waals surface area contributed by atoms with Gasteiger partial charge in [0.2, 0.25) is 5.91 Å². The maximum absolute atomic E-state index is 11.5. The molecule has 3 heteroatoms. The van der Waals surface area contributed by atoms with Crippen LogP contribution in [0.15, 0.2) is 22.7 Å². The monoisotopic (exact) mass is 255 g/mol. The molecule has 0 radical (unpaired) electrons. The molecule has 0 aliphatic carbocycles. The van der Waals surface area contributed by atoms with Gasteiger partial charge in [-0.05, 0) is 40.5 Å². The van der Waals surface area contributed by atoms with Crippen molar-refractivity contribution < 1.29 is 4.79 Å². The molecule has 2 nitrogen and oxygen atoms in total. The Morgan fingerprint density at radius 1 is 1.50 bits per heavy atom. The molecule has 0 spiro atoms. The van der Waals surface area contributed by atoms with Crippen LogP contribution in [-0.4, -0.2) is 13.0 Å². The lowest BCUT2D eigenvalue weighted by atomic mass is 10.2. The molecule has 76 valence electrons. The fourth-order valence-corrected chi connectivity index (χ4v) is 2.01. The Hall–Kier alpha value is -0.830. The van der Waals surface area contributed by atoms with Gasteiger partial charge in [0.25, 0.3) is 0 Å². The average molecular weight is 256 g/mol. The molecule has 1 rings (SSSR count). The van der Waals surface area contributed by atoms with E-state index in [-0.39, 0.29) is 5.91 Å². The number of rotatable bonds is 2. The van der Waals surface area contributed by atoms with Gasteiger partial charge in [-0.1, -0.05) is 13.0 Å². The number of aryl methyl sites for hydroxylation is 1. The van der Waals surface area contributed by atoms with E-state index in [9.17, 15) is 4.79 Å².